The van der Waals surface area contributed by atoms with Gasteiger partial charge in [-0.15, -0.1) is 16.4 Å². The van der Waals surface area contributed by atoms with Crippen molar-refractivity contribution in [1.29, 1.82) is 0 Å². The highest BCUT2D eigenvalue weighted by atomic mass is 32.1. The average Bonchev–Trinajstić information content (AvgIpc) is 2.91. The van der Waals surface area contributed by atoms with Crippen LogP contribution in [-0.2, 0) is 9.59 Å². The maximum Gasteiger partial charge on any atom is 0.279 e. The van der Waals surface area contributed by atoms with Crippen molar-refractivity contribution in [2.24, 2.45) is 0 Å². The summed E-state index contributed by atoms with van der Waals surface area (Å²) in [6.07, 6.45) is 0. The van der Waals surface area contributed by atoms with Crippen LogP contribution in [-0.4, -0.2) is 26.8 Å². The molecule has 0 radical (unpaired) electrons. The summed E-state index contributed by atoms with van der Waals surface area (Å²) in [6.45, 7) is 6.80. The SMILES string of the molecule is CC(=O)Nc1ccc(NC(=O)C(C)n2nnc3sc(C)c(C)c3c2=O)cc1. The van der Waals surface area contributed by atoms with E-state index in [0.717, 1.165) is 15.1 Å². The van der Waals surface area contributed by atoms with Gasteiger partial charge in [-0.25, -0.2) is 0 Å². The standard InChI is InChI=1S/C18H19N5O3S/c1-9-11(3)27-17-15(9)18(26)23(22-21-17)10(2)16(25)20-14-7-5-13(6-8-14)19-12(4)24/h5-8,10H,1-4H3,(H,19,24)(H,20,25). The molecule has 27 heavy (non-hydrogen) atoms. The van der Waals surface area contributed by atoms with Crippen LogP contribution in [0.25, 0.3) is 10.2 Å². The molecule has 2 N–H and O–H groups in total. The second-order valence-corrected chi connectivity index (χ2v) is 7.43. The minimum absolute atomic E-state index is 0.173. The van der Waals surface area contributed by atoms with Gasteiger partial charge in [0.1, 0.15) is 6.04 Å². The minimum atomic E-state index is -0.830. The van der Waals surface area contributed by atoms with Crippen LogP contribution < -0.4 is 16.2 Å². The maximum absolute atomic E-state index is 12.8. The van der Waals surface area contributed by atoms with Crippen LogP contribution in [0, 0.1) is 13.8 Å². The van der Waals surface area contributed by atoms with Crippen molar-refractivity contribution in [3.05, 3.63) is 45.1 Å². The van der Waals surface area contributed by atoms with E-state index in [1.165, 1.54) is 18.3 Å². The summed E-state index contributed by atoms with van der Waals surface area (Å²) in [5, 5.41) is 13.9. The summed E-state index contributed by atoms with van der Waals surface area (Å²) in [4.78, 5) is 37.9. The normalized spacial score (nSPS) is 12.0. The van der Waals surface area contributed by atoms with Gasteiger partial charge in [-0.1, -0.05) is 5.21 Å². The third-order valence-electron chi connectivity index (χ3n) is 4.24. The fourth-order valence-corrected chi connectivity index (χ4v) is 3.59. The van der Waals surface area contributed by atoms with Crippen LogP contribution in [0.4, 0.5) is 11.4 Å². The molecule has 3 aromatic rings. The Morgan fingerprint density at radius 2 is 1.70 bits per heavy atom. The van der Waals surface area contributed by atoms with E-state index < -0.39 is 6.04 Å². The van der Waals surface area contributed by atoms with E-state index in [9.17, 15) is 14.4 Å². The van der Waals surface area contributed by atoms with Crippen LogP contribution in [0.2, 0.25) is 0 Å². The third-order valence-corrected chi connectivity index (χ3v) is 5.33. The topological polar surface area (TPSA) is 106 Å². The summed E-state index contributed by atoms with van der Waals surface area (Å²) >= 11 is 1.41. The first-order valence-corrected chi connectivity index (χ1v) is 9.13. The molecule has 0 aliphatic carbocycles. The van der Waals surface area contributed by atoms with E-state index in [0.29, 0.717) is 21.6 Å². The lowest BCUT2D eigenvalue weighted by atomic mass is 10.2. The first-order chi connectivity index (χ1) is 12.8. The Morgan fingerprint density at radius 3 is 2.30 bits per heavy atom. The predicted octanol–water partition coefficient (Wildman–Crippen LogP) is 2.63. The number of nitrogens with zero attached hydrogens (tertiary/aromatic N) is 3. The molecular weight excluding hydrogens is 366 g/mol. The quantitative estimate of drug-likeness (QED) is 0.718. The van der Waals surface area contributed by atoms with Crippen LogP contribution in [0.1, 0.15) is 30.3 Å². The summed E-state index contributed by atoms with van der Waals surface area (Å²) in [5.74, 6) is -0.560. The number of amides is 2. The van der Waals surface area contributed by atoms with Gasteiger partial charge in [-0.05, 0) is 50.6 Å². The second-order valence-electron chi connectivity index (χ2n) is 6.23. The molecule has 140 valence electrons. The molecule has 2 amide bonds. The smallest absolute Gasteiger partial charge is 0.279 e. The second kappa shape index (κ2) is 7.28. The van der Waals surface area contributed by atoms with Crippen molar-refractivity contribution < 1.29 is 9.59 Å². The van der Waals surface area contributed by atoms with Crippen molar-refractivity contribution >= 4 is 44.7 Å². The monoisotopic (exact) mass is 385 g/mol. The van der Waals surface area contributed by atoms with Gasteiger partial charge >= 0.3 is 0 Å². The van der Waals surface area contributed by atoms with Crippen molar-refractivity contribution in [2.75, 3.05) is 10.6 Å². The number of hydrogen-bond acceptors (Lipinski definition) is 6. The highest BCUT2D eigenvalue weighted by Crippen LogP contribution is 2.25. The zero-order valence-corrected chi connectivity index (χ0v) is 16.2. The number of aromatic nitrogens is 3. The first kappa shape index (κ1) is 18.7. The number of thiophene rings is 1. The number of aryl methyl sites for hydroxylation is 2. The zero-order chi connectivity index (χ0) is 19.7. The predicted molar refractivity (Wildman–Crippen MR) is 105 cm³/mol. The Morgan fingerprint density at radius 1 is 1.11 bits per heavy atom. The lowest BCUT2D eigenvalue weighted by molar-refractivity contribution is -0.119. The Hall–Kier alpha value is -3.07. The van der Waals surface area contributed by atoms with Crippen molar-refractivity contribution in [3.8, 4) is 0 Å². The summed E-state index contributed by atoms with van der Waals surface area (Å²) < 4.78 is 1.10. The van der Waals surface area contributed by atoms with Crippen LogP contribution in [0.5, 0.6) is 0 Å². The Kier molecular flexibility index (Phi) is 5.04. The number of anilines is 2. The van der Waals surface area contributed by atoms with E-state index in [4.69, 9.17) is 0 Å². The van der Waals surface area contributed by atoms with Crippen molar-refractivity contribution in [2.45, 2.75) is 33.7 Å². The molecule has 2 heterocycles. The number of nitrogens with one attached hydrogen (secondary N) is 2. The number of fused-ring (bicyclic) bond motifs is 1. The fraction of sp³-hybridized carbons (Fsp3) is 0.278. The molecule has 0 saturated heterocycles. The van der Waals surface area contributed by atoms with Gasteiger partial charge in [0.25, 0.3) is 5.56 Å². The lowest BCUT2D eigenvalue weighted by Crippen LogP contribution is -2.34. The molecular formula is C18H19N5O3S. The van der Waals surface area contributed by atoms with E-state index >= 15 is 0 Å². The van der Waals surface area contributed by atoms with Gasteiger partial charge in [0.2, 0.25) is 11.8 Å². The Labute approximate surface area is 159 Å². The minimum Gasteiger partial charge on any atom is -0.326 e. The number of hydrogen-bond donors (Lipinski definition) is 2. The lowest BCUT2D eigenvalue weighted by Gasteiger charge is -2.13. The van der Waals surface area contributed by atoms with Crippen LogP contribution in [0.3, 0.4) is 0 Å². The Bertz CT molecular complexity index is 1080. The molecule has 0 aliphatic heterocycles. The summed E-state index contributed by atoms with van der Waals surface area (Å²) in [6, 6.07) is 5.86. The highest BCUT2D eigenvalue weighted by molar-refractivity contribution is 7.18. The molecule has 2 aromatic heterocycles. The number of carbonyl (C=O) groups excluding carboxylic acids is 2. The number of carbonyl (C=O) groups is 2. The highest BCUT2D eigenvalue weighted by Gasteiger charge is 2.21. The van der Waals surface area contributed by atoms with Gasteiger partial charge in [-0.2, -0.15) is 4.68 Å². The molecule has 0 fully saturated rings. The van der Waals surface area contributed by atoms with Crippen LogP contribution in [0.15, 0.2) is 29.1 Å². The van der Waals surface area contributed by atoms with Crippen molar-refractivity contribution in [3.63, 3.8) is 0 Å². The molecule has 0 saturated carbocycles. The Balaban J connectivity index is 1.82. The third kappa shape index (κ3) is 3.72. The molecule has 9 heteroatoms. The van der Waals surface area contributed by atoms with E-state index in [1.807, 2.05) is 13.8 Å². The van der Waals surface area contributed by atoms with E-state index in [-0.39, 0.29) is 17.4 Å². The summed E-state index contributed by atoms with van der Waals surface area (Å²) in [7, 11) is 0. The van der Waals surface area contributed by atoms with Gasteiger partial charge in [0, 0.05) is 23.2 Å². The molecule has 1 aromatic carbocycles. The van der Waals surface area contributed by atoms with Gasteiger partial charge in [0.05, 0.1) is 5.39 Å². The molecule has 0 aliphatic rings. The van der Waals surface area contributed by atoms with Gasteiger partial charge in [0.15, 0.2) is 4.83 Å². The molecule has 1 unspecified atom stereocenters. The fourth-order valence-electron chi connectivity index (χ4n) is 2.63. The first-order valence-electron chi connectivity index (χ1n) is 8.31. The molecule has 0 bridgehead atoms. The molecule has 0 spiro atoms. The van der Waals surface area contributed by atoms with Crippen LogP contribution >= 0.6 is 11.3 Å². The van der Waals surface area contributed by atoms with Gasteiger partial charge in [-0.3, -0.25) is 14.4 Å². The molecule has 1 atom stereocenters. The zero-order valence-electron chi connectivity index (χ0n) is 15.4. The number of rotatable bonds is 4. The van der Waals surface area contributed by atoms with E-state index in [1.54, 1.807) is 31.2 Å². The molecule has 3 rings (SSSR count). The average molecular weight is 385 g/mol. The van der Waals surface area contributed by atoms with Crippen molar-refractivity contribution in [1.82, 2.24) is 15.0 Å². The number of benzene rings is 1. The van der Waals surface area contributed by atoms with Gasteiger partial charge < -0.3 is 10.6 Å². The largest absolute Gasteiger partial charge is 0.326 e. The maximum atomic E-state index is 12.8. The molecule has 8 nitrogen and oxygen atoms in total. The summed E-state index contributed by atoms with van der Waals surface area (Å²) in [5.41, 5.74) is 1.71. The van der Waals surface area contributed by atoms with E-state index in [2.05, 4.69) is 20.9 Å².